The molecule has 2 aromatic carbocycles. The summed E-state index contributed by atoms with van der Waals surface area (Å²) in [5, 5.41) is 5.71. The zero-order valence-electron chi connectivity index (χ0n) is 18.7. The van der Waals surface area contributed by atoms with Crippen molar-refractivity contribution in [3.63, 3.8) is 0 Å². The van der Waals surface area contributed by atoms with Gasteiger partial charge in [-0.3, -0.25) is 9.59 Å². The molecule has 33 heavy (non-hydrogen) atoms. The molecule has 1 aliphatic heterocycles. The summed E-state index contributed by atoms with van der Waals surface area (Å²) in [7, 11) is 1.64. The average Bonchev–Trinajstić information content (AvgIpc) is 2.85. The van der Waals surface area contributed by atoms with Crippen LogP contribution in [0.5, 0.6) is 5.75 Å². The van der Waals surface area contributed by atoms with Crippen LogP contribution in [-0.2, 0) is 9.59 Å². The first-order valence-electron chi connectivity index (χ1n) is 10.9. The van der Waals surface area contributed by atoms with Gasteiger partial charge in [0.2, 0.25) is 11.8 Å². The van der Waals surface area contributed by atoms with Crippen molar-refractivity contribution in [2.45, 2.75) is 19.8 Å². The lowest BCUT2D eigenvalue weighted by atomic mass is 9.97. The number of carbonyl (C=O) groups is 2. The standard InChI is InChI=1S/C25H27N5O3/c1-17(31)28-20-7-9-21(10-8-20)29-25(32)19-4-3-13-30(15-19)24-14-23(26-16-27-24)18-5-11-22(33-2)12-6-18/h5-12,14,16,19H,3-4,13,15H2,1-2H3,(H,28,31)(H,29,32). The summed E-state index contributed by atoms with van der Waals surface area (Å²) < 4.78 is 5.23. The number of hydrogen-bond acceptors (Lipinski definition) is 6. The van der Waals surface area contributed by atoms with Crippen molar-refractivity contribution in [1.29, 1.82) is 0 Å². The first-order valence-corrected chi connectivity index (χ1v) is 10.9. The number of nitrogens with one attached hydrogen (secondary N) is 2. The number of methoxy groups -OCH3 is 1. The number of benzene rings is 2. The third-order valence-electron chi connectivity index (χ3n) is 5.63. The molecular weight excluding hydrogens is 418 g/mol. The van der Waals surface area contributed by atoms with Crippen LogP contribution < -0.4 is 20.3 Å². The first-order chi connectivity index (χ1) is 16.0. The highest BCUT2D eigenvalue weighted by atomic mass is 16.5. The molecule has 0 aliphatic carbocycles. The van der Waals surface area contributed by atoms with Crippen molar-refractivity contribution >= 4 is 29.0 Å². The maximum Gasteiger partial charge on any atom is 0.229 e. The van der Waals surface area contributed by atoms with Crippen LogP contribution in [0.1, 0.15) is 19.8 Å². The molecule has 0 radical (unpaired) electrons. The van der Waals surface area contributed by atoms with Crippen LogP contribution >= 0.6 is 0 Å². The van der Waals surface area contributed by atoms with E-state index in [0.717, 1.165) is 42.2 Å². The van der Waals surface area contributed by atoms with E-state index < -0.39 is 0 Å². The van der Waals surface area contributed by atoms with Gasteiger partial charge < -0.3 is 20.3 Å². The van der Waals surface area contributed by atoms with E-state index in [0.29, 0.717) is 17.9 Å². The summed E-state index contributed by atoms with van der Waals surface area (Å²) in [6.07, 6.45) is 3.29. The van der Waals surface area contributed by atoms with Crippen molar-refractivity contribution < 1.29 is 14.3 Å². The molecule has 1 unspecified atom stereocenters. The molecule has 1 aliphatic rings. The van der Waals surface area contributed by atoms with E-state index in [2.05, 4.69) is 25.5 Å². The summed E-state index contributed by atoms with van der Waals surface area (Å²) in [5.74, 6) is 1.31. The molecule has 3 aromatic rings. The number of rotatable bonds is 6. The van der Waals surface area contributed by atoms with Gasteiger partial charge in [-0.25, -0.2) is 9.97 Å². The van der Waals surface area contributed by atoms with Gasteiger partial charge >= 0.3 is 0 Å². The second-order valence-corrected chi connectivity index (χ2v) is 8.02. The van der Waals surface area contributed by atoms with Gasteiger partial charge in [-0.05, 0) is 61.4 Å². The highest BCUT2D eigenvalue weighted by Gasteiger charge is 2.27. The van der Waals surface area contributed by atoms with Crippen LogP contribution in [0.2, 0.25) is 0 Å². The van der Waals surface area contributed by atoms with E-state index >= 15 is 0 Å². The predicted molar refractivity (Wildman–Crippen MR) is 128 cm³/mol. The Labute approximate surface area is 193 Å². The van der Waals surface area contributed by atoms with E-state index in [1.165, 1.54) is 6.92 Å². The van der Waals surface area contributed by atoms with Gasteiger partial charge in [-0.15, -0.1) is 0 Å². The maximum absolute atomic E-state index is 12.9. The number of anilines is 3. The minimum Gasteiger partial charge on any atom is -0.497 e. The fourth-order valence-electron chi connectivity index (χ4n) is 3.92. The second kappa shape index (κ2) is 10.1. The lowest BCUT2D eigenvalue weighted by Crippen LogP contribution is -2.41. The van der Waals surface area contributed by atoms with Gasteiger partial charge in [0.25, 0.3) is 0 Å². The van der Waals surface area contributed by atoms with Crippen molar-refractivity contribution in [2.24, 2.45) is 5.92 Å². The minimum atomic E-state index is -0.145. The normalized spacial score (nSPS) is 15.6. The number of amides is 2. The molecule has 1 saturated heterocycles. The quantitative estimate of drug-likeness (QED) is 0.596. The highest BCUT2D eigenvalue weighted by Crippen LogP contribution is 2.27. The zero-order valence-corrected chi connectivity index (χ0v) is 18.7. The van der Waals surface area contributed by atoms with Crippen molar-refractivity contribution in [2.75, 3.05) is 35.7 Å². The predicted octanol–water partition coefficient (Wildman–Crippen LogP) is 3.97. The van der Waals surface area contributed by atoms with Crippen LogP contribution in [-0.4, -0.2) is 42.0 Å². The number of ether oxygens (including phenoxy) is 1. The molecular formula is C25H27N5O3. The molecule has 170 valence electrons. The average molecular weight is 446 g/mol. The Morgan fingerprint density at radius 2 is 1.70 bits per heavy atom. The third-order valence-corrected chi connectivity index (χ3v) is 5.63. The summed E-state index contributed by atoms with van der Waals surface area (Å²) in [6.45, 7) is 2.89. The third kappa shape index (κ3) is 5.65. The molecule has 2 amide bonds. The Hall–Kier alpha value is -3.94. The van der Waals surface area contributed by atoms with E-state index in [9.17, 15) is 9.59 Å². The molecule has 1 atom stereocenters. The SMILES string of the molecule is COc1ccc(-c2cc(N3CCCC(C(=O)Nc4ccc(NC(C)=O)cc4)C3)ncn2)cc1. The van der Waals surface area contributed by atoms with Gasteiger partial charge in [0, 0.05) is 43.0 Å². The van der Waals surface area contributed by atoms with Crippen molar-refractivity contribution in [3.05, 3.63) is 60.9 Å². The Kier molecular flexibility index (Phi) is 6.83. The van der Waals surface area contributed by atoms with E-state index in [1.807, 2.05) is 30.3 Å². The summed E-state index contributed by atoms with van der Waals surface area (Å²) in [4.78, 5) is 35.1. The fourth-order valence-corrected chi connectivity index (χ4v) is 3.92. The smallest absolute Gasteiger partial charge is 0.229 e. The van der Waals surface area contributed by atoms with Gasteiger partial charge in [-0.2, -0.15) is 0 Å². The summed E-state index contributed by atoms with van der Waals surface area (Å²) >= 11 is 0. The monoisotopic (exact) mass is 445 g/mol. The van der Waals surface area contributed by atoms with E-state index in [4.69, 9.17) is 4.74 Å². The zero-order chi connectivity index (χ0) is 23.2. The molecule has 2 heterocycles. The molecule has 8 heteroatoms. The van der Waals surface area contributed by atoms with Gasteiger partial charge in [0.15, 0.2) is 0 Å². The molecule has 0 saturated carbocycles. The first kappa shape index (κ1) is 22.3. The minimum absolute atomic E-state index is 0.0172. The number of carbonyl (C=O) groups excluding carboxylic acids is 2. The second-order valence-electron chi connectivity index (χ2n) is 8.02. The summed E-state index contributed by atoms with van der Waals surface area (Å²) in [5.41, 5.74) is 3.21. The van der Waals surface area contributed by atoms with Gasteiger partial charge in [-0.1, -0.05) is 0 Å². The summed E-state index contributed by atoms with van der Waals surface area (Å²) in [6, 6.07) is 16.8. The Bertz CT molecular complexity index is 1120. The largest absolute Gasteiger partial charge is 0.497 e. The van der Waals surface area contributed by atoms with Crippen LogP contribution in [0, 0.1) is 5.92 Å². The molecule has 1 fully saturated rings. The Balaban J connectivity index is 1.41. The van der Waals surface area contributed by atoms with E-state index in [-0.39, 0.29) is 17.7 Å². The number of nitrogens with zero attached hydrogens (tertiary/aromatic N) is 3. The lowest BCUT2D eigenvalue weighted by Gasteiger charge is -2.33. The molecule has 4 rings (SSSR count). The molecule has 0 bridgehead atoms. The molecule has 1 aromatic heterocycles. The fraction of sp³-hybridized carbons (Fsp3) is 0.280. The number of hydrogen-bond donors (Lipinski definition) is 2. The maximum atomic E-state index is 12.9. The van der Waals surface area contributed by atoms with Crippen LogP contribution in [0.15, 0.2) is 60.9 Å². The van der Waals surface area contributed by atoms with Crippen LogP contribution in [0.4, 0.5) is 17.2 Å². The number of piperidine rings is 1. The van der Waals surface area contributed by atoms with Gasteiger partial charge in [0.1, 0.15) is 17.9 Å². The molecule has 8 nitrogen and oxygen atoms in total. The lowest BCUT2D eigenvalue weighted by molar-refractivity contribution is -0.120. The number of aromatic nitrogens is 2. The highest BCUT2D eigenvalue weighted by molar-refractivity contribution is 5.94. The van der Waals surface area contributed by atoms with Crippen LogP contribution in [0.3, 0.4) is 0 Å². The molecule has 0 spiro atoms. The van der Waals surface area contributed by atoms with Gasteiger partial charge in [0.05, 0.1) is 18.7 Å². The Morgan fingerprint density at radius 1 is 1.00 bits per heavy atom. The molecule has 2 N–H and O–H groups in total. The Morgan fingerprint density at radius 3 is 2.36 bits per heavy atom. The van der Waals surface area contributed by atoms with E-state index in [1.54, 1.807) is 37.7 Å². The van der Waals surface area contributed by atoms with Crippen molar-refractivity contribution in [3.8, 4) is 17.0 Å². The topological polar surface area (TPSA) is 96.5 Å². The van der Waals surface area contributed by atoms with Crippen LogP contribution in [0.25, 0.3) is 11.3 Å². The van der Waals surface area contributed by atoms with Crippen molar-refractivity contribution in [1.82, 2.24) is 9.97 Å².